The summed E-state index contributed by atoms with van der Waals surface area (Å²) in [6, 6.07) is 6.33. The summed E-state index contributed by atoms with van der Waals surface area (Å²) in [7, 11) is 0. The molecule has 0 radical (unpaired) electrons. The summed E-state index contributed by atoms with van der Waals surface area (Å²) in [5.41, 5.74) is 0.821. The van der Waals surface area contributed by atoms with Crippen LogP contribution in [0.4, 0.5) is 4.39 Å². The van der Waals surface area contributed by atoms with E-state index in [1.54, 1.807) is 19.1 Å². The van der Waals surface area contributed by atoms with Gasteiger partial charge in [-0.05, 0) is 24.6 Å². The van der Waals surface area contributed by atoms with E-state index in [0.717, 1.165) is 5.56 Å². The van der Waals surface area contributed by atoms with Crippen molar-refractivity contribution >= 4 is 5.97 Å². The molecule has 0 saturated carbocycles. The van der Waals surface area contributed by atoms with E-state index in [2.05, 4.69) is 6.58 Å². The number of esters is 1. The Morgan fingerprint density at radius 2 is 2.33 bits per heavy atom. The van der Waals surface area contributed by atoms with Gasteiger partial charge in [-0.1, -0.05) is 18.2 Å². The van der Waals surface area contributed by atoms with Gasteiger partial charge in [-0.15, -0.1) is 6.58 Å². The Labute approximate surface area is 107 Å². The number of hydrogen-bond donors (Lipinski definition) is 0. The molecule has 0 fully saturated rings. The highest BCUT2D eigenvalue weighted by Gasteiger charge is 2.11. The molecule has 1 aromatic rings. The third-order valence-corrected chi connectivity index (χ3v) is 2.34. The number of nitrogens with zero attached hydrogens (tertiary/aromatic N) is 1. The molecule has 0 atom stereocenters. The lowest BCUT2D eigenvalue weighted by molar-refractivity contribution is -0.144. The summed E-state index contributed by atoms with van der Waals surface area (Å²) in [6.45, 7) is 6.99. The first-order valence-electron chi connectivity index (χ1n) is 5.89. The first-order chi connectivity index (χ1) is 8.65. The van der Waals surface area contributed by atoms with Crippen molar-refractivity contribution in [2.75, 3.05) is 19.7 Å². The Hall–Kier alpha value is -1.68. The molecule has 4 heteroatoms. The highest BCUT2D eigenvalue weighted by atomic mass is 19.1. The zero-order chi connectivity index (χ0) is 13.4. The van der Waals surface area contributed by atoms with Crippen molar-refractivity contribution in [3.8, 4) is 0 Å². The summed E-state index contributed by atoms with van der Waals surface area (Å²) in [5, 5.41) is 0. The number of halogens is 1. The fourth-order valence-electron chi connectivity index (χ4n) is 1.65. The molecule has 98 valence electrons. The molecule has 1 aromatic carbocycles. The van der Waals surface area contributed by atoms with Crippen LogP contribution in [0.5, 0.6) is 0 Å². The van der Waals surface area contributed by atoms with Crippen LogP contribution in [0.15, 0.2) is 36.9 Å². The van der Waals surface area contributed by atoms with Gasteiger partial charge < -0.3 is 4.74 Å². The van der Waals surface area contributed by atoms with E-state index in [-0.39, 0.29) is 18.3 Å². The summed E-state index contributed by atoms with van der Waals surface area (Å²) >= 11 is 0. The van der Waals surface area contributed by atoms with Crippen LogP contribution in [0.3, 0.4) is 0 Å². The van der Waals surface area contributed by atoms with E-state index >= 15 is 0 Å². The van der Waals surface area contributed by atoms with E-state index in [1.165, 1.54) is 12.1 Å². The summed E-state index contributed by atoms with van der Waals surface area (Å²) in [4.78, 5) is 13.3. The second-order valence-corrected chi connectivity index (χ2v) is 3.89. The molecule has 0 spiro atoms. The standard InChI is InChI=1S/C14H18FNO2/c1-3-8-16(11-14(17)18-4-2)10-12-6-5-7-13(15)9-12/h3,5-7,9H,1,4,8,10-11H2,2H3. The maximum Gasteiger partial charge on any atom is 0.320 e. The predicted molar refractivity (Wildman–Crippen MR) is 68.5 cm³/mol. The van der Waals surface area contributed by atoms with E-state index in [4.69, 9.17) is 4.74 Å². The topological polar surface area (TPSA) is 29.5 Å². The van der Waals surface area contributed by atoms with E-state index < -0.39 is 0 Å². The van der Waals surface area contributed by atoms with Crippen LogP contribution < -0.4 is 0 Å². The van der Waals surface area contributed by atoms with Gasteiger partial charge in [-0.3, -0.25) is 9.69 Å². The molecule has 0 aliphatic heterocycles. The second-order valence-electron chi connectivity index (χ2n) is 3.89. The van der Waals surface area contributed by atoms with Crippen molar-refractivity contribution in [2.24, 2.45) is 0 Å². The molecule has 0 unspecified atom stereocenters. The average Bonchev–Trinajstić information content (AvgIpc) is 2.29. The lowest BCUT2D eigenvalue weighted by atomic mass is 10.2. The minimum absolute atomic E-state index is 0.177. The minimum Gasteiger partial charge on any atom is -0.465 e. The van der Waals surface area contributed by atoms with Gasteiger partial charge in [0.1, 0.15) is 5.82 Å². The second kappa shape index (κ2) is 7.61. The smallest absolute Gasteiger partial charge is 0.320 e. The zero-order valence-corrected chi connectivity index (χ0v) is 10.6. The van der Waals surface area contributed by atoms with Crippen LogP contribution >= 0.6 is 0 Å². The molecular formula is C14H18FNO2. The van der Waals surface area contributed by atoms with Crippen LogP contribution in [0.1, 0.15) is 12.5 Å². The van der Waals surface area contributed by atoms with Crippen LogP contribution in [0.25, 0.3) is 0 Å². The molecule has 0 saturated heterocycles. The van der Waals surface area contributed by atoms with E-state index in [1.807, 2.05) is 11.0 Å². The third-order valence-electron chi connectivity index (χ3n) is 2.34. The van der Waals surface area contributed by atoms with Gasteiger partial charge in [0, 0.05) is 13.1 Å². The Balaban J connectivity index is 2.62. The normalized spacial score (nSPS) is 10.4. The first-order valence-corrected chi connectivity index (χ1v) is 5.89. The minimum atomic E-state index is -0.282. The highest BCUT2D eigenvalue weighted by Crippen LogP contribution is 2.07. The van der Waals surface area contributed by atoms with Crippen LogP contribution in [-0.2, 0) is 16.1 Å². The van der Waals surface area contributed by atoms with E-state index in [9.17, 15) is 9.18 Å². The summed E-state index contributed by atoms with van der Waals surface area (Å²) in [5.74, 6) is -0.557. The molecule has 18 heavy (non-hydrogen) atoms. The third kappa shape index (κ3) is 5.10. The Kier molecular flexibility index (Phi) is 6.08. The van der Waals surface area contributed by atoms with Crippen molar-refractivity contribution in [1.29, 1.82) is 0 Å². The van der Waals surface area contributed by atoms with Crippen molar-refractivity contribution in [3.05, 3.63) is 48.3 Å². The number of carbonyl (C=O) groups excluding carboxylic acids is 1. The van der Waals surface area contributed by atoms with Crippen molar-refractivity contribution in [2.45, 2.75) is 13.5 Å². The zero-order valence-electron chi connectivity index (χ0n) is 10.6. The largest absolute Gasteiger partial charge is 0.465 e. The average molecular weight is 251 g/mol. The van der Waals surface area contributed by atoms with Gasteiger partial charge in [-0.2, -0.15) is 0 Å². The maximum absolute atomic E-state index is 13.1. The van der Waals surface area contributed by atoms with Crippen LogP contribution in [0.2, 0.25) is 0 Å². The Morgan fingerprint density at radius 3 is 2.94 bits per heavy atom. The van der Waals surface area contributed by atoms with Crippen LogP contribution in [-0.4, -0.2) is 30.6 Å². The molecule has 0 heterocycles. The molecule has 0 amide bonds. The molecular weight excluding hydrogens is 233 g/mol. The Bertz CT molecular complexity index is 407. The van der Waals surface area contributed by atoms with Gasteiger partial charge in [0.2, 0.25) is 0 Å². The van der Waals surface area contributed by atoms with Crippen LogP contribution in [0, 0.1) is 5.82 Å². The Morgan fingerprint density at radius 1 is 1.56 bits per heavy atom. The van der Waals surface area contributed by atoms with Crippen molar-refractivity contribution in [1.82, 2.24) is 4.90 Å². The highest BCUT2D eigenvalue weighted by molar-refractivity contribution is 5.71. The van der Waals surface area contributed by atoms with Gasteiger partial charge in [0.05, 0.1) is 13.2 Å². The monoisotopic (exact) mass is 251 g/mol. The number of rotatable bonds is 7. The van der Waals surface area contributed by atoms with Crippen molar-refractivity contribution < 1.29 is 13.9 Å². The van der Waals surface area contributed by atoms with Crippen molar-refractivity contribution in [3.63, 3.8) is 0 Å². The number of hydrogen-bond acceptors (Lipinski definition) is 3. The summed E-state index contributed by atoms with van der Waals surface area (Å²) < 4.78 is 17.9. The fourth-order valence-corrected chi connectivity index (χ4v) is 1.65. The lowest BCUT2D eigenvalue weighted by Gasteiger charge is -2.19. The molecule has 0 bridgehead atoms. The summed E-state index contributed by atoms with van der Waals surface area (Å²) in [6.07, 6.45) is 1.71. The molecule has 0 aliphatic carbocycles. The van der Waals surface area contributed by atoms with Gasteiger partial charge in [0.15, 0.2) is 0 Å². The van der Waals surface area contributed by atoms with Gasteiger partial charge >= 0.3 is 5.97 Å². The molecule has 0 N–H and O–H groups in total. The molecule has 3 nitrogen and oxygen atoms in total. The first kappa shape index (κ1) is 14.4. The maximum atomic E-state index is 13.1. The molecule has 1 rings (SSSR count). The number of benzene rings is 1. The number of carbonyl (C=O) groups is 1. The molecule has 0 aliphatic rings. The fraction of sp³-hybridized carbons (Fsp3) is 0.357. The SMILES string of the molecule is C=CCN(CC(=O)OCC)Cc1cccc(F)c1. The number of ether oxygens (including phenoxy) is 1. The molecule has 0 aromatic heterocycles. The predicted octanol–water partition coefficient (Wildman–Crippen LogP) is 2.38. The van der Waals surface area contributed by atoms with Gasteiger partial charge in [0.25, 0.3) is 0 Å². The van der Waals surface area contributed by atoms with E-state index in [0.29, 0.717) is 19.7 Å². The quantitative estimate of drug-likeness (QED) is 0.550. The van der Waals surface area contributed by atoms with Gasteiger partial charge in [-0.25, -0.2) is 4.39 Å². The lowest BCUT2D eigenvalue weighted by Crippen LogP contribution is -2.30.